The smallest absolute Gasteiger partial charge is 0.352 e. The second-order valence-electron chi connectivity index (χ2n) is 7.62. The number of hydrogen-bond acceptors (Lipinski definition) is 5. The number of carbonyl (C=O) groups excluding carboxylic acids is 1. The predicted octanol–water partition coefficient (Wildman–Crippen LogP) is 2.00. The molecule has 0 N–H and O–H groups in total. The van der Waals surface area contributed by atoms with E-state index in [4.69, 9.17) is 4.74 Å². The minimum atomic E-state index is -0.674. The molecule has 0 spiro atoms. The quantitative estimate of drug-likeness (QED) is 0.630. The highest BCUT2D eigenvalue weighted by Crippen LogP contribution is 2.14. The molecule has 31 heavy (non-hydrogen) atoms. The third-order valence-electron chi connectivity index (χ3n) is 5.43. The van der Waals surface area contributed by atoms with Gasteiger partial charge in [0, 0.05) is 13.1 Å². The Labute approximate surface area is 179 Å². The summed E-state index contributed by atoms with van der Waals surface area (Å²) in [6, 6.07) is 14.3. The standard InChI is InChI=1S/C23H24N4O4/c1-16-5-7-17(8-6-16)15-26-22(29)20(21(28)25-13-3-4-14-25)24-27(23(26)30)18-9-11-19(31-2)12-10-18/h5-12H,3-4,13-15H2,1-2H3. The van der Waals surface area contributed by atoms with Gasteiger partial charge < -0.3 is 9.64 Å². The number of rotatable bonds is 5. The average Bonchev–Trinajstić information content (AvgIpc) is 3.33. The van der Waals surface area contributed by atoms with Crippen molar-refractivity contribution in [2.45, 2.75) is 26.3 Å². The zero-order valence-corrected chi connectivity index (χ0v) is 17.6. The normalized spacial score (nSPS) is 13.4. The van der Waals surface area contributed by atoms with Gasteiger partial charge in [-0.25, -0.2) is 4.79 Å². The number of amides is 1. The first-order chi connectivity index (χ1) is 15.0. The molecule has 2 aromatic carbocycles. The van der Waals surface area contributed by atoms with Crippen LogP contribution in [-0.2, 0) is 6.54 Å². The zero-order valence-electron chi connectivity index (χ0n) is 17.6. The molecule has 0 saturated carbocycles. The van der Waals surface area contributed by atoms with Crippen LogP contribution in [0.2, 0.25) is 0 Å². The summed E-state index contributed by atoms with van der Waals surface area (Å²) in [5.74, 6) is 0.181. The van der Waals surface area contributed by atoms with E-state index in [1.165, 1.54) is 0 Å². The Hall–Kier alpha value is -3.68. The molecule has 0 unspecified atom stereocenters. The van der Waals surface area contributed by atoms with Crippen LogP contribution in [0.1, 0.15) is 34.5 Å². The number of methoxy groups -OCH3 is 1. The lowest BCUT2D eigenvalue weighted by molar-refractivity contribution is 0.0781. The van der Waals surface area contributed by atoms with Crippen LogP contribution in [-0.4, -0.2) is 45.4 Å². The highest BCUT2D eigenvalue weighted by atomic mass is 16.5. The summed E-state index contributed by atoms with van der Waals surface area (Å²) in [6.07, 6.45) is 1.78. The summed E-state index contributed by atoms with van der Waals surface area (Å²) in [7, 11) is 1.55. The topological polar surface area (TPSA) is 86.4 Å². The molecule has 8 nitrogen and oxygen atoms in total. The lowest BCUT2D eigenvalue weighted by Crippen LogP contribution is -2.46. The molecule has 4 rings (SSSR count). The molecule has 1 aromatic heterocycles. The van der Waals surface area contributed by atoms with Crippen LogP contribution >= 0.6 is 0 Å². The fourth-order valence-corrected chi connectivity index (χ4v) is 3.63. The van der Waals surface area contributed by atoms with Crippen molar-refractivity contribution in [2.24, 2.45) is 0 Å². The van der Waals surface area contributed by atoms with E-state index in [2.05, 4.69) is 5.10 Å². The van der Waals surface area contributed by atoms with Crippen LogP contribution in [0.5, 0.6) is 5.75 Å². The molecule has 0 aliphatic carbocycles. The molecular weight excluding hydrogens is 396 g/mol. The third kappa shape index (κ3) is 4.14. The number of carbonyl (C=O) groups is 1. The molecule has 2 heterocycles. The number of nitrogens with zero attached hydrogens (tertiary/aromatic N) is 4. The number of ether oxygens (including phenoxy) is 1. The predicted molar refractivity (Wildman–Crippen MR) is 116 cm³/mol. The average molecular weight is 420 g/mol. The van der Waals surface area contributed by atoms with E-state index in [1.54, 1.807) is 36.3 Å². The van der Waals surface area contributed by atoms with Gasteiger partial charge in [0.2, 0.25) is 5.69 Å². The molecule has 3 aromatic rings. The first-order valence-corrected chi connectivity index (χ1v) is 10.2. The molecule has 0 radical (unpaired) electrons. The first-order valence-electron chi connectivity index (χ1n) is 10.2. The Kier molecular flexibility index (Phi) is 5.70. The maximum atomic E-state index is 13.2. The Morgan fingerprint density at radius 1 is 1.00 bits per heavy atom. The first kappa shape index (κ1) is 20.6. The summed E-state index contributed by atoms with van der Waals surface area (Å²) in [5.41, 5.74) is 0.785. The van der Waals surface area contributed by atoms with Crippen LogP contribution in [0.15, 0.2) is 58.1 Å². The highest BCUT2D eigenvalue weighted by molar-refractivity contribution is 5.92. The minimum absolute atomic E-state index is 0.0525. The molecule has 1 fully saturated rings. The highest BCUT2D eigenvalue weighted by Gasteiger charge is 2.26. The summed E-state index contributed by atoms with van der Waals surface area (Å²) in [5, 5.41) is 4.20. The zero-order chi connectivity index (χ0) is 22.0. The molecule has 1 aliphatic rings. The van der Waals surface area contributed by atoms with Crippen molar-refractivity contribution in [3.8, 4) is 11.4 Å². The molecule has 1 saturated heterocycles. The van der Waals surface area contributed by atoms with Gasteiger partial charge in [-0.15, -0.1) is 0 Å². The summed E-state index contributed by atoms with van der Waals surface area (Å²) in [6.45, 7) is 3.18. The number of aromatic nitrogens is 3. The lowest BCUT2D eigenvalue weighted by atomic mass is 10.1. The molecule has 1 amide bonds. The third-order valence-corrected chi connectivity index (χ3v) is 5.43. The molecule has 160 valence electrons. The van der Waals surface area contributed by atoms with E-state index in [0.29, 0.717) is 24.5 Å². The van der Waals surface area contributed by atoms with Crippen LogP contribution in [0, 0.1) is 6.92 Å². The summed E-state index contributed by atoms with van der Waals surface area (Å²) in [4.78, 5) is 41.0. The van der Waals surface area contributed by atoms with Crippen molar-refractivity contribution in [1.29, 1.82) is 0 Å². The van der Waals surface area contributed by atoms with Crippen molar-refractivity contribution in [1.82, 2.24) is 19.2 Å². The van der Waals surface area contributed by atoms with E-state index < -0.39 is 17.2 Å². The second kappa shape index (κ2) is 8.59. The Balaban J connectivity index is 1.86. The van der Waals surface area contributed by atoms with Crippen molar-refractivity contribution < 1.29 is 9.53 Å². The van der Waals surface area contributed by atoms with E-state index in [-0.39, 0.29) is 12.2 Å². The van der Waals surface area contributed by atoms with Crippen LogP contribution < -0.4 is 16.0 Å². The second-order valence-corrected chi connectivity index (χ2v) is 7.62. The maximum Gasteiger partial charge on any atom is 0.352 e. The van der Waals surface area contributed by atoms with Gasteiger partial charge in [0.25, 0.3) is 11.5 Å². The van der Waals surface area contributed by atoms with Crippen LogP contribution in [0.3, 0.4) is 0 Å². The molecular formula is C23H24N4O4. The lowest BCUT2D eigenvalue weighted by Gasteiger charge is -2.17. The van der Waals surface area contributed by atoms with Gasteiger partial charge in [-0.05, 0) is 49.6 Å². The van der Waals surface area contributed by atoms with Crippen LogP contribution in [0.4, 0.5) is 0 Å². The summed E-state index contributed by atoms with van der Waals surface area (Å²) >= 11 is 0. The minimum Gasteiger partial charge on any atom is -0.497 e. The number of likely N-dealkylation sites (tertiary alicyclic amines) is 1. The van der Waals surface area contributed by atoms with Crippen molar-refractivity contribution in [3.63, 3.8) is 0 Å². The Morgan fingerprint density at radius 2 is 1.65 bits per heavy atom. The van der Waals surface area contributed by atoms with Gasteiger partial charge in [0.1, 0.15) is 5.75 Å². The fourth-order valence-electron chi connectivity index (χ4n) is 3.63. The number of benzene rings is 2. The van der Waals surface area contributed by atoms with E-state index in [1.807, 2.05) is 31.2 Å². The Morgan fingerprint density at radius 3 is 2.26 bits per heavy atom. The SMILES string of the molecule is COc1ccc(-n2nc(C(=O)N3CCCC3)c(=O)n(Cc3ccc(C)cc3)c2=O)cc1. The van der Waals surface area contributed by atoms with Crippen LogP contribution in [0.25, 0.3) is 5.69 Å². The van der Waals surface area contributed by atoms with Gasteiger partial charge in [0.15, 0.2) is 0 Å². The van der Waals surface area contributed by atoms with E-state index >= 15 is 0 Å². The summed E-state index contributed by atoms with van der Waals surface area (Å²) < 4.78 is 7.36. The molecule has 0 bridgehead atoms. The number of hydrogen-bond donors (Lipinski definition) is 0. The van der Waals surface area contributed by atoms with Crippen molar-refractivity contribution in [3.05, 3.63) is 86.2 Å². The fraction of sp³-hybridized carbons (Fsp3) is 0.304. The number of aryl methyl sites for hydroxylation is 1. The maximum absolute atomic E-state index is 13.2. The molecule has 1 aliphatic heterocycles. The monoisotopic (exact) mass is 420 g/mol. The van der Waals surface area contributed by atoms with Gasteiger partial charge in [-0.1, -0.05) is 29.8 Å². The van der Waals surface area contributed by atoms with E-state index in [0.717, 1.165) is 33.2 Å². The van der Waals surface area contributed by atoms with Gasteiger partial charge in [-0.2, -0.15) is 9.78 Å². The molecule has 8 heteroatoms. The largest absolute Gasteiger partial charge is 0.497 e. The van der Waals surface area contributed by atoms with Gasteiger partial charge in [0.05, 0.1) is 19.3 Å². The van der Waals surface area contributed by atoms with Crippen molar-refractivity contribution >= 4 is 5.91 Å². The van der Waals surface area contributed by atoms with Gasteiger partial charge in [-0.3, -0.25) is 14.2 Å². The van der Waals surface area contributed by atoms with E-state index in [9.17, 15) is 14.4 Å². The molecule has 0 atom stereocenters. The Bertz CT molecular complexity index is 1200. The van der Waals surface area contributed by atoms with Crippen molar-refractivity contribution in [2.75, 3.05) is 20.2 Å². The van der Waals surface area contributed by atoms with Gasteiger partial charge >= 0.3 is 5.69 Å².